The van der Waals surface area contributed by atoms with Crippen LogP contribution in [0.4, 0.5) is 10.7 Å². The molecule has 0 aliphatic carbocycles. The Labute approximate surface area is 96.2 Å². The van der Waals surface area contributed by atoms with Gasteiger partial charge in [0.25, 0.3) is 0 Å². The van der Waals surface area contributed by atoms with Crippen molar-refractivity contribution in [1.29, 1.82) is 0 Å². The second-order valence-corrected chi connectivity index (χ2v) is 3.18. The fourth-order valence-electron chi connectivity index (χ4n) is 1.32. The quantitative estimate of drug-likeness (QED) is 0.856. The minimum atomic E-state index is -0.675. The first-order valence-electron chi connectivity index (χ1n) is 5.03. The van der Waals surface area contributed by atoms with Gasteiger partial charge in [0.15, 0.2) is 5.43 Å². The zero-order valence-corrected chi connectivity index (χ0v) is 9.10. The fraction of sp³-hybridized carbons (Fsp3) is 0.182. The normalized spacial score (nSPS) is 10.2. The average Bonchev–Trinajstić information content (AvgIpc) is 2.29. The number of carbonyl (C=O) groups is 1. The van der Waals surface area contributed by atoms with E-state index in [1.807, 2.05) is 0 Å². The predicted molar refractivity (Wildman–Crippen MR) is 60.9 cm³/mol. The molecule has 17 heavy (non-hydrogen) atoms. The van der Waals surface area contributed by atoms with Crippen molar-refractivity contribution < 1.29 is 13.9 Å². The summed E-state index contributed by atoms with van der Waals surface area (Å²) in [4.78, 5) is 26.7. The van der Waals surface area contributed by atoms with E-state index in [1.165, 1.54) is 12.3 Å². The number of amides is 1. The van der Waals surface area contributed by atoms with E-state index in [1.54, 1.807) is 19.1 Å². The summed E-state index contributed by atoms with van der Waals surface area (Å²) in [6.45, 7) is 1.92. The molecule has 2 rings (SSSR count). The fourth-order valence-corrected chi connectivity index (χ4v) is 1.32. The van der Waals surface area contributed by atoms with Gasteiger partial charge >= 0.3 is 6.09 Å². The molecule has 2 aromatic heterocycles. The number of aromatic nitrogens is 1. The highest BCUT2D eigenvalue weighted by atomic mass is 16.5. The topological polar surface area (TPSA) is 81.4 Å². The highest BCUT2D eigenvalue weighted by Gasteiger charge is 2.08. The molecule has 2 aromatic rings. The van der Waals surface area contributed by atoms with Gasteiger partial charge in [0.1, 0.15) is 0 Å². The Bertz CT molecular complexity index is 606. The molecule has 0 aliphatic heterocycles. The van der Waals surface area contributed by atoms with Crippen molar-refractivity contribution in [1.82, 2.24) is 4.98 Å². The van der Waals surface area contributed by atoms with Crippen molar-refractivity contribution in [2.45, 2.75) is 6.92 Å². The van der Waals surface area contributed by atoms with Gasteiger partial charge in [0.05, 0.1) is 12.0 Å². The molecule has 6 heteroatoms. The molecule has 1 N–H and O–H groups in total. The molecule has 0 radical (unpaired) electrons. The molecule has 2 heterocycles. The van der Waals surface area contributed by atoms with Crippen molar-refractivity contribution in [3.8, 4) is 0 Å². The summed E-state index contributed by atoms with van der Waals surface area (Å²) in [6.07, 6.45) is 0.824. The van der Waals surface area contributed by atoms with Crippen LogP contribution in [0.15, 0.2) is 33.6 Å². The number of nitrogens with zero attached hydrogens (tertiary/aromatic N) is 1. The Balaban J connectivity index is 2.37. The van der Waals surface area contributed by atoms with Gasteiger partial charge < -0.3 is 9.15 Å². The van der Waals surface area contributed by atoms with Crippen molar-refractivity contribution in [2.24, 2.45) is 0 Å². The van der Waals surface area contributed by atoms with Crippen LogP contribution in [0.2, 0.25) is 0 Å². The van der Waals surface area contributed by atoms with Crippen LogP contribution in [0.5, 0.6) is 0 Å². The molecule has 1 amide bonds. The summed E-state index contributed by atoms with van der Waals surface area (Å²) in [6, 6.07) is 4.42. The smallest absolute Gasteiger partial charge is 0.413 e. The molecule has 0 unspecified atom stereocenters. The van der Waals surface area contributed by atoms with Gasteiger partial charge in [-0.1, -0.05) is 0 Å². The third-order valence-corrected chi connectivity index (χ3v) is 2.01. The Morgan fingerprint density at radius 3 is 3.18 bits per heavy atom. The summed E-state index contributed by atoms with van der Waals surface area (Å²) in [7, 11) is 0. The number of hydrogen-bond acceptors (Lipinski definition) is 5. The number of ether oxygens (including phenoxy) is 1. The monoisotopic (exact) mass is 234 g/mol. The Morgan fingerprint density at radius 2 is 2.41 bits per heavy atom. The van der Waals surface area contributed by atoms with Gasteiger partial charge in [-0.2, -0.15) is 0 Å². The Morgan fingerprint density at radius 1 is 1.59 bits per heavy atom. The maximum atomic E-state index is 11.6. The van der Waals surface area contributed by atoms with E-state index in [-0.39, 0.29) is 23.6 Å². The standard InChI is InChI=1S/C11H10N2O4/c1-2-16-11(15)13-9-6-8(14)7-4-3-5-12-10(7)17-9/h3-6H,2H2,1H3,(H,13,15). The second-order valence-electron chi connectivity index (χ2n) is 3.18. The van der Waals surface area contributed by atoms with Crippen molar-refractivity contribution >= 4 is 23.1 Å². The molecule has 0 saturated carbocycles. The minimum absolute atomic E-state index is 0.0136. The second kappa shape index (κ2) is 4.65. The van der Waals surface area contributed by atoms with Crippen LogP contribution >= 0.6 is 0 Å². The van der Waals surface area contributed by atoms with Crippen LogP contribution in [-0.4, -0.2) is 17.7 Å². The lowest BCUT2D eigenvalue weighted by molar-refractivity contribution is 0.167. The Kier molecular flexibility index (Phi) is 3.04. The summed E-state index contributed by atoms with van der Waals surface area (Å²) in [5, 5.41) is 2.67. The van der Waals surface area contributed by atoms with Gasteiger partial charge in [-0.3, -0.25) is 10.1 Å². The number of hydrogen-bond donors (Lipinski definition) is 1. The molecular weight excluding hydrogens is 224 g/mol. The minimum Gasteiger partial charge on any atom is -0.450 e. The number of nitrogens with one attached hydrogen (secondary N) is 1. The number of rotatable bonds is 2. The lowest BCUT2D eigenvalue weighted by Gasteiger charge is -2.04. The maximum absolute atomic E-state index is 11.6. The van der Waals surface area contributed by atoms with Crippen LogP contribution in [0.25, 0.3) is 11.1 Å². The zero-order chi connectivity index (χ0) is 12.3. The predicted octanol–water partition coefficient (Wildman–Crippen LogP) is 1.76. The first-order valence-corrected chi connectivity index (χ1v) is 5.03. The van der Waals surface area contributed by atoms with E-state index >= 15 is 0 Å². The van der Waals surface area contributed by atoms with Crippen molar-refractivity contribution in [2.75, 3.05) is 11.9 Å². The van der Waals surface area contributed by atoms with Gasteiger partial charge in [-0.15, -0.1) is 0 Å². The molecule has 0 aromatic carbocycles. The maximum Gasteiger partial charge on any atom is 0.413 e. The summed E-state index contributed by atoms with van der Waals surface area (Å²) in [5.41, 5.74) is -0.0991. The van der Waals surface area contributed by atoms with Crippen LogP contribution in [-0.2, 0) is 4.74 Å². The third-order valence-electron chi connectivity index (χ3n) is 2.01. The molecule has 0 bridgehead atoms. The number of anilines is 1. The van der Waals surface area contributed by atoms with Crippen LogP contribution in [0.1, 0.15) is 6.92 Å². The van der Waals surface area contributed by atoms with E-state index < -0.39 is 6.09 Å². The molecular formula is C11H10N2O4. The van der Waals surface area contributed by atoms with Crippen molar-refractivity contribution in [3.63, 3.8) is 0 Å². The number of carbonyl (C=O) groups excluding carboxylic acids is 1. The van der Waals surface area contributed by atoms with E-state index in [0.717, 1.165) is 0 Å². The van der Waals surface area contributed by atoms with Crippen LogP contribution in [0.3, 0.4) is 0 Å². The van der Waals surface area contributed by atoms with Crippen LogP contribution < -0.4 is 10.7 Å². The SMILES string of the molecule is CCOC(=O)Nc1cc(=O)c2cccnc2o1. The van der Waals surface area contributed by atoms with E-state index in [4.69, 9.17) is 4.42 Å². The average molecular weight is 234 g/mol. The molecule has 88 valence electrons. The summed E-state index contributed by atoms with van der Waals surface area (Å²) in [5.74, 6) is 0.0136. The first kappa shape index (κ1) is 11.1. The number of fused-ring (bicyclic) bond motifs is 1. The third kappa shape index (κ3) is 2.41. The van der Waals surface area contributed by atoms with Crippen LogP contribution in [0, 0.1) is 0 Å². The highest BCUT2D eigenvalue weighted by Crippen LogP contribution is 2.12. The first-order chi connectivity index (χ1) is 8.20. The van der Waals surface area contributed by atoms with Gasteiger partial charge in [0.2, 0.25) is 11.6 Å². The Hall–Kier alpha value is -2.37. The van der Waals surface area contributed by atoms with E-state index in [2.05, 4.69) is 15.0 Å². The highest BCUT2D eigenvalue weighted by molar-refractivity contribution is 5.84. The van der Waals surface area contributed by atoms with E-state index in [0.29, 0.717) is 5.39 Å². The zero-order valence-electron chi connectivity index (χ0n) is 9.10. The van der Waals surface area contributed by atoms with E-state index in [9.17, 15) is 9.59 Å². The molecule has 0 atom stereocenters. The number of pyridine rings is 1. The summed E-state index contributed by atoms with van der Waals surface area (Å²) >= 11 is 0. The molecule has 0 saturated heterocycles. The van der Waals surface area contributed by atoms with Gasteiger partial charge in [0, 0.05) is 12.3 Å². The summed E-state index contributed by atoms with van der Waals surface area (Å²) < 4.78 is 9.90. The van der Waals surface area contributed by atoms with Gasteiger partial charge in [-0.05, 0) is 19.1 Å². The lowest BCUT2D eigenvalue weighted by atomic mass is 10.3. The van der Waals surface area contributed by atoms with Gasteiger partial charge in [-0.25, -0.2) is 9.78 Å². The lowest BCUT2D eigenvalue weighted by Crippen LogP contribution is -2.15. The molecule has 0 spiro atoms. The molecule has 0 fully saturated rings. The largest absolute Gasteiger partial charge is 0.450 e. The van der Waals surface area contributed by atoms with Crippen molar-refractivity contribution in [3.05, 3.63) is 34.6 Å². The molecule has 6 nitrogen and oxygen atoms in total. The molecule has 0 aliphatic rings.